The van der Waals surface area contributed by atoms with E-state index in [9.17, 15) is 43.2 Å². The first-order valence-corrected chi connectivity index (χ1v) is 21.3. The molecule has 0 bridgehead atoms. The molecule has 2 rings (SSSR count). The molecule has 0 fully saturated rings. The molecule has 0 spiro atoms. The van der Waals surface area contributed by atoms with E-state index in [0.29, 0.717) is 5.56 Å². The van der Waals surface area contributed by atoms with E-state index in [1.165, 1.54) is 0 Å². The molecule has 0 radical (unpaired) electrons. The minimum atomic E-state index is -1.56. The van der Waals surface area contributed by atoms with E-state index in [0.717, 1.165) is 5.56 Å². The Labute approximate surface area is 368 Å². The number of hydrogen-bond donors (Lipinski definition) is 10. The predicted molar refractivity (Wildman–Crippen MR) is 234 cm³/mol. The summed E-state index contributed by atoms with van der Waals surface area (Å²) in [5, 5.41) is 15.7. The fraction of sp³-hybridized carbons (Fsp3) is 0.512. The van der Waals surface area contributed by atoms with Crippen LogP contribution in [0.3, 0.4) is 0 Å². The van der Waals surface area contributed by atoms with Gasteiger partial charge in [-0.25, -0.2) is 0 Å². The van der Waals surface area contributed by atoms with Crippen molar-refractivity contribution in [3.63, 3.8) is 0 Å². The van der Waals surface area contributed by atoms with Crippen molar-refractivity contribution in [2.75, 3.05) is 5.75 Å². The van der Waals surface area contributed by atoms with Gasteiger partial charge in [-0.05, 0) is 55.6 Å². The van der Waals surface area contributed by atoms with Crippen LogP contribution < -0.4 is 49.1 Å². The summed E-state index contributed by atoms with van der Waals surface area (Å²) in [7, 11) is 0. The third-order valence-electron chi connectivity index (χ3n) is 9.54. The minimum Gasteiger partial charge on any atom is -0.370 e. The Bertz CT molecular complexity index is 1850. The number of primary amides is 2. The van der Waals surface area contributed by atoms with Gasteiger partial charge in [0.05, 0.1) is 18.2 Å². The summed E-state index contributed by atoms with van der Waals surface area (Å²) in [6.45, 7) is 8.74. The molecule has 2 aromatic rings. The number of carbonyl (C=O) groups excluding carboxylic acids is 9. The Morgan fingerprint density at radius 1 is 0.516 bits per heavy atom. The molecule has 0 unspecified atom stereocenters. The molecule has 0 aliphatic heterocycles. The maximum atomic E-state index is 14.1. The van der Waals surface area contributed by atoms with E-state index in [1.807, 2.05) is 19.9 Å². The first-order chi connectivity index (χ1) is 29.2. The van der Waals surface area contributed by atoms with Crippen LogP contribution in [-0.4, -0.2) is 101 Å². The number of carbonyl (C=O) groups is 9. The highest BCUT2D eigenvalue weighted by molar-refractivity contribution is 7.81. The molecule has 19 heteroatoms. The number of ketones is 1. The van der Waals surface area contributed by atoms with Gasteiger partial charge in [0.15, 0.2) is 11.8 Å². The number of Topliss-reactive ketones (excluding diaryl/α,β-unsaturated/α-hetero) is 1. The maximum absolute atomic E-state index is 14.1. The Kier molecular flexibility index (Phi) is 22.4. The van der Waals surface area contributed by atoms with Crippen LogP contribution in [0.15, 0.2) is 60.7 Å². The smallest absolute Gasteiger partial charge is 0.278 e. The van der Waals surface area contributed by atoms with Crippen molar-refractivity contribution in [1.29, 1.82) is 0 Å². The summed E-state index contributed by atoms with van der Waals surface area (Å²) in [6, 6.07) is 9.41. The van der Waals surface area contributed by atoms with Crippen LogP contribution in [0.25, 0.3) is 0 Å². The molecular weight excluding hydrogens is 819 g/mol. The van der Waals surface area contributed by atoms with Gasteiger partial charge in [0.2, 0.25) is 41.4 Å². The van der Waals surface area contributed by atoms with Gasteiger partial charge in [-0.3, -0.25) is 43.2 Å². The molecule has 0 saturated heterocycles. The van der Waals surface area contributed by atoms with Crippen LogP contribution >= 0.6 is 12.6 Å². The summed E-state index contributed by atoms with van der Waals surface area (Å²) in [5.74, 6) is -7.15. The van der Waals surface area contributed by atoms with Crippen LogP contribution in [0.1, 0.15) is 77.8 Å². The SMILES string of the molecule is CC(C)C[C@H](NC(=O)[C@H](C)[NH3+])C(=O)N[C@@H](CC(N)=O)C(=O)N[C@@H](CC(C)C)C(=O)N[C@@H](CCC(N)=O)C(=O)N[C@@H](Cc1ccccc1)C(=O)N[C@@H](Cc1ccccc1)C(=O)CS. The summed E-state index contributed by atoms with van der Waals surface area (Å²) >= 11 is 4.13. The third-order valence-corrected chi connectivity index (χ3v) is 9.85. The summed E-state index contributed by atoms with van der Waals surface area (Å²) in [5.41, 5.74) is 16.0. The molecule has 0 aromatic heterocycles. The lowest BCUT2D eigenvalue weighted by Gasteiger charge is -2.28. The first kappa shape index (κ1) is 52.3. The van der Waals surface area contributed by atoms with Gasteiger partial charge in [0.1, 0.15) is 30.2 Å². The molecule has 8 amide bonds. The highest BCUT2D eigenvalue weighted by atomic mass is 32.1. The number of nitrogens with one attached hydrogen (secondary N) is 6. The number of quaternary nitrogens is 1. The zero-order valence-electron chi connectivity index (χ0n) is 36.1. The highest BCUT2D eigenvalue weighted by Gasteiger charge is 2.35. The summed E-state index contributed by atoms with van der Waals surface area (Å²) in [4.78, 5) is 119. The quantitative estimate of drug-likeness (QED) is 0.0479. The predicted octanol–water partition coefficient (Wildman–Crippen LogP) is -1.26. The summed E-state index contributed by atoms with van der Waals surface area (Å²) in [6.07, 6.45) is -0.935. The Morgan fingerprint density at radius 3 is 1.32 bits per heavy atom. The van der Waals surface area contributed by atoms with Gasteiger partial charge in [-0.1, -0.05) is 88.4 Å². The van der Waals surface area contributed by atoms with Gasteiger partial charge in [-0.15, -0.1) is 0 Å². The van der Waals surface area contributed by atoms with Gasteiger partial charge < -0.3 is 49.1 Å². The van der Waals surface area contributed by atoms with Crippen molar-refractivity contribution >= 4 is 65.7 Å². The highest BCUT2D eigenvalue weighted by Crippen LogP contribution is 2.12. The van der Waals surface area contributed by atoms with Crippen LogP contribution in [0.2, 0.25) is 0 Å². The Balaban J connectivity index is 2.41. The van der Waals surface area contributed by atoms with Crippen molar-refractivity contribution in [2.45, 2.75) is 122 Å². The van der Waals surface area contributed by atoms with Crippen molar-refractivity contribution in [2.24, 2.45) is 23.3 Å². The lowest BCUT2D eigenvalue weighted by Crippen LogP contribution is -2.67. The fourth-order valence-electron chi connectivity index (χ4n) is 6.31. The van der Waals surface area contributed by atoms with E-state index in [-0.39, 0.29) is 61.9 Å². The van der Waals surface area contributed by atoms with Crippen molar-refractivity contribution in [3.8, 4) is 0 Å². The summed E-state index contributed by atoms with van der Waals surface area (Å²) < 4.78 is 0. The molecule has 7 atom stereocenters. The number of thiol groups is 1. The average molecular weight is 883 g/mol. The average Bonchev–Trinajstić information content (AvgIpc) is 3.20. The Morgan fingerprint density at radius 2 is 0.887 bits per heavy atom. The second-order valence-electron chi connectivity index (χ2n) is 16.2. The topological polar surface area (TPSA) is 305 Å². The Hall–Kier alpha value is -5.82. The molecule has 340 valence electrons. The number of hydrogen-bond acceptors (Lipinski definition) is 10. The van der Waals surface area contributed by atoms with Crippen LogP contribution in [0, 0.1) is 11.8 Å². The number of benzene rings is 2. The lowest BCUT2D eigenvalue weighted by atomic mass is 9.99. The monoisotopic (exact) mass is 882 g/mol. The molecular formula is C43H64N9O9S+. The molecule has 0 heterocycles. The molecule has 62 heavy (non-hydrogen) atoms. The number of rotatable bonds is 27. The van der Waals surface area contributed by atoms with Crippen molar-refractivity contribution < 1.29 is 48.9 Å². The zero-order chi connectivity index (χ0) is 46.5. The lowest BCUT2D eigenvalue weighted by molar-refractivity contribution is -0.398. The van der Waals surface area contributed by atoms with Gasteiger partial charge in [0.25, 0.3) is 5.91 Å². The van der Waals surface area contributed by atoms with Crippen molar-refractivity contribution in [3.05, 3.63) is 71.8 Å². The molecule has 0 aliphatic rings. The second-order valence-corrected chi connectivity index (χ2v) is 16.5. The maximum Gasteiger partial charge on any atom is 0.278 e. The number of amides is 8. The van der Waals surface area contributed by atoms with E-state index in [2.05, 4.69) is 50.3 Å². The third kappa shape index (κ3) is 19.3. The second kappa shape index (κ2) is 26.5. The van der Waals surface area contributed by atoms with Crippen molar-refractivity contribution in [1.82, 2.24) is 31.9 Å². The molecule has 18 nitrogen and oxygen atoms in total. The normalized spacial score (nSPS) is 14.5. The van der Waals surface area contributed by atoms with E-state index in [4.69, 9.17) is 11.5 Å². The van der Waals surface area contributed by atoms with Gasteiger partial charge in [0, 0.05) is 12.8 Å². The molecule has 0 aliphatic carbocycles. The number of nitrogens with two attached hydrogens (primary N) is 2. The standard InChI is InChI=1S/C43H63N9O9S/c1-24(2)18-31(49-38(56)26(5)44)41(59)52-34(22-37(46)55)43(61)50-32(19-25(3)4)40(58)47-29(16-17-36(45)54)39(57)51-33(21-28-14-10-7-11-15-28)42(60)48-30(35(53)23-62)20-27-12-8-6-9-13-27/h6-15,24-26,29-34,62H,16-23,44H2,1-5H3,(H2,45,54)(H2,46,55)(H,47,58)(H,48,60)(H,49,56)(H,50,61)(H,51,57)(H,52,59)/p+1/t26-,29-,30-,31-,32-,33-,34-/m0/s1. The van der Waals surface area contributed by atoms with Gasteiger partial charge >= 0.3 is 0 Å². The van der Waals surface area contributed by atoms with Crippen LogP contribution in [0.4, 0.5) is 0 Å². The zero-order valence-corrected chi connectivity index (χ0v) is 37.0. The molecule has 2 aromatic carbocycles. The molecule has 13 N–H and O–H groups in total. The van der Waals surface area contributed by atoms with E-state index in [1.54, 1.807) is 75.4 Å². The first-order valence-electron chi connectivity index (χ1n) is 20.6. The minimum absolute atomic E-state index is 0.0168. The van der Waals surface area contributed by atoms with E-state index < -0.39 is 96.0 Å². The fourth-order valence-corrected chi connectivity index (χ4v) is 6.53. The largest absolute Gasteiger partial charge is 0.370 e. The van der Waals surface area contributed by atoms with Gasteiger partial charge in [-0.2, -0.15) is 12.6 Å². The molecule has 0 saturated carbocycles. The van der Waals surface area contributed by atoms with Crippen LogP contribution in [0.5, 0.6) is 0 Å². The van der Waals surface area contributed by atoms with E-state index >= 15 is 0 Å². The van der Waals surface area contributed by atoms with Crippen LogP contribution in [-0.2, 0) is 56.0 Å².